The van der Waals surface area contributed by atoms with E-state index in [9.17, 15) is 4.79 Å². The number of aromatic nitrogens is 5. The van der Waals surface area contributed by atoms with Gasteiger partial charge in [0.1, 0.15) is 5.69 Å². The van der Waals surface area contributed by atoms with Crippen LogP contribution in [0.5, 0.6) is 0 Å². The standard InChI is InChI=1S/C19H18N8O2S/c1-10-9-14(12(3)30-10)11(2)21-23-19(28)15-16(13-7-5-4-6-8-13)27(26-22-15)18-17(20)24-29-25-18/h4-9H,1-3H3,(H2,20,24)(H,23,28)/b21-11-. The molecule has 0 fully saturated rings. The van der Waals surface area contributed by atoms with Crippen LogP contribution in [-0.4, -0.2) is 36.9 Å². The van der Waals surface area contributed by atoms with Gasteiger partial charge < -0.3 is 5.73 Å². The Kier molecular flexibility index (Phi) is 5.11. The Hall–Kier alpha value is -3.86. The highest BCUT2D eigenvalue weighted by Crippen LogP contribution is 2.26. The number of benzene rings is 1. The number of nitrogens with two attached hydrogens (primary N) is 1. The molecule has 0 saturated heterocycles. The van der Waals surface area contributed by atoms with E-state index < -0.39 is 5.91 Å². The first-order valence-electron chi connectivity index (χ1n) is 8.97. The molecule has 0 unspecified atom stereocenters. The lowest BCUT2D eigenvalue weighted by Crippen LogP contribution is -2.21. The second kappa shape index (κ2) is 7.87. The molecule has 0 aliphatic carbocycles. The number of rotatable bonds is 5. The van der Waals surface area contributed by atoms with Crippen LogP contribution in [0.4, 0.5) is 5.82 Å². The number of aryl methyl sites for hydroxylation is 2. The summed E-state index contributed by atoms with van der Waals surface area (Å²) in [6.45, 7) is 5.89. The van der Waals surface area contributed by atoms with Gasteiger partial charge in [-0.05, 0) is 37.2 Å². The average Bonchev–Trinajstić information content (AvgIpc) is 3.44. The zero-order chi connectivity index (χ0) is 21.3. The summed E-state index contributed by atoms with van der Waals surface area (Å²) in [6.07, 6.45) is 0. The van der Waals surface area contributed by atoms with Gasteiger partial charge in [0.05, 0.1) is 5.71 Å². The van der Waals surface area contributed by atoms with Crippen molar-refractivity contribution in [2.75, 3.05) is 5.73 Å². The molecule has 11 heteroatoms. The molecule has 3 N–H and O–H groups in total. The number of nitrogen functional groups attached to an aromatic ring is 1. The first-order chi connectivity index (χ1) is 14.5. The minimum atomic E-state index is -0.515. The second-order valence-corrected chi connectivity index (χ2v) is 7.96. The number of hydrogen-bond donors (Lipinski definition) is 2. The molecule has 1 amide bonds. The van der Waals surface area contributed by atoms with Crippen molar-refractivity contribution in [1.82, 2.24) is 30.7 Å². The maximum absolute atomic E-state index is 12.9. The first-order valence-corrected chi connectivity index (χ1v) is 9.79. The fourth-order valence-electron chi connectivity index (χ4n) is 3.01. The molecule has 10 nitrogen and oxygen atoms in total. The quantitative estimate of drug-likeness (QED) is 0.372. The van der Waals surface area contributed by atoms with Gasteiger partial charge >= 0.3 is 0 Å². The Labute approximate surface area is 175 Å². The minimum absolute atomic E-state index is 0.0289. The summed E-state index contributed by atoms with van der Waals surface area (Å²) < 4.78 is 5.98. The van der Waals surface area contributed by atoms with Gasteiger partial charge in [-0.15, -0.1) is 16.4 Å². The van der Waals surface area contributed by atoms with Gasteiger partial charge in [0.2, 0.25) is 11.6 Å². The molecule has 0 radical (unpaired) electrons. The summed E-state index contributed by atoms with van der Waals surface area (Å²) in [7, 11) is 0. The van der Waals surface area contributed by atoms with Crippen molar-refractivity contribution in [3.8, 4) is 17.1 Å². The van der Waals surface area contributed by atoms with Gasteiger partial charge in [0, 0.05) is 20.9 Å². The number of hydrazone groups is 1. The molecular weight excluding hydrogens is 404 g/mol. The summed E-state index contributed by atoms with van der Waals surface area (Å²) in [4.78, 5) is 15.2. The molecular formula is C19H18N8O2S. The fourth-order valence-corrected chi connectivity index (χ4v) is 3.99. The predicted molar refractivity (Wildman–Crippen MR) is 113 cm³/mol. The van der Waals surface area contributed by atoms with E-state index in [-0.39, 0.29) is 17.3 Å². The lowest BCUT2D eigenvalue weighted by atomic mass is 10.1. The summed E-state index contributed by atoms with van der Waals surface area (Å²) in [6, 6.07) is 11.2. The number of hydrogen-bond acceptors (Lipinski definition) is 9. The Morgan fingerprint density at radius 2 is 2.00 bits per heavy atom. The number of thiophene rings is 1. The Balaban J connectivity index is 1.71. The van der Waals surface area contributed by atoms with Crippen molar-refractivity contribution in [3.63, 3.8) is 0 Å². The maximum Gasteiger partial charge on any atom is 0.294 e. The smallest absolute Gasteiger partial charge is 0.294 e. The zero-order valence-electron chi connectivity index (χ0n) is 16.4. The summed E-state index contributed by atoms with van der Waals surface area (Å²) in [5.41, 5.74) is 11.2. The fraction of sp³-hybridized carbons (Fsp3) is 0.158. The van der Waals surface area contributed by atoms with E-state index in [4.69, 9.17) is 5.73 Å². The largest absolute Gasteiger partial charge is 0.378 e. The van der Waals surface area contributed by atoms with Crippen molar-refractivity contribution < 1.29 is 9.42 Å². The van der Waals surface area contributed by atoms with E-state index in [1.165, 1.54) is 9.56 Å². The minimum Gasteiger partial charge on any atom is -0.378 e. The van der Waals surface area contributed by atoms with Gasteiger partial charge in [-0.2, -0.15) is 9.78 Å². The third-order valence-corrected chi connectivity index (χ3v) is 5.35. The van der Waals surface area contributed by atoms with Gasteiger partial charge in [0.15, 0.2) is 5.69 Å². The highest BCUT2D eigenvalue weighted by atomic mass is 32.1. The second-order valence-electron chi connectivity index (χ2n) is 6.50. The van der Waals surface area contributed by atoms with Crippen molar-refractivity contribution in [2.24, 2.45) is 5.10 Å². The normalized spacial score (nSPS) is 11.6. The van der Waals surface area contributed by atoms with E-state index in [1.54, 1.807) is 11.3 Å². The van der Waals surface area contributed by atoms with Gasteiger partial charge in [-0.1, -0.05) is 35.5 Å². The van der Waals surface area contributed by atoms with Crippen molar-refractivity contribution >= 4 is 28.8 Å². The number of carbonyl (C=O) groups excluding carboxylic acids is 1. The number of nitrogens with zero attached hydrogens (tertiary/aromatic N) is 6. The molecule has 1 aromatic carbocycles. The molecule has 3 heterocycles. The summed E-state index contributed by atoms with van der Waals surface area (Å²) in [5.74, 6) is -0.343. The maximum atomic E-state index is 12.9. The van der Waals surface area contributed by atoms with E-state index in [0.717, 1.165) is 10.4 Å². The molecule has 0 saturated carbocycles. The van der Waals surface area contributed by atoms with Crippen LogP contribution in [0.1, 0.15) is 32.7 Å². The zero-order valence-corrected chi connectivity index (χ0v) is 17.3. The third kappa shape index (κ3) is 3.57. The molecule has 30 heavy (non-hydrogen) atoms. The molecule has 0 aliphatic rings. The van der Waals surface area contributed by atoms with Gasteiger partial charge in [-0.25, -0.2) is 10.1 Å². The highest BCUT2D eigenvalue weighted by molar-refractivity contribution is 7.12. The van der Waals surface area contributed by atoms with Crippen molar-refractivity contribution in [1.29, 1.82) is 0 Å². The summed E-state index contributed by atoms with van der Waals surface area (Å²) in [5, 5.41) is 19.6. The monoisotopic (exact) mass is 422 g/mol. The molecule has 3 aromatic heterocycles. The Morgan fingerprint density at radius 1 is 1.23 bits per heavy atom. The predicted octanol–water partition coefficient (Wildman–Crippen LogP) is 2.73. The van der Waals surface area contributed by atoms with Crippen LogP contribution in [-0.2, 0) is 0 Å². The van der Waals surface area contributed by atoms with Crippen LogP contribution in [0.2, 0.25) is 0 Å². The average molecular weight is 422 g/mol. The number of amides is 1. The van der Waals surface area contributed by atoms with Crippen LogP contribution in [0.15, 0.2) is 46.1 Å². The van der Waals surface area contributed by atoms with Gasteiger partial charge in [0.25, 0.3) is 5.91 Å². The van der Waals surface area contributed by atoms with E-state index in [0.29, 0.717) is 17.0 Å². The molecule has 0 bridgehead atoms. The lowest BCUT2D eigenvalue weighted by Gasteiger charge is -2.06. The van der Waals surface area contributed by atoms with Crippen molar-refractivity contribution in [3.05, 3.63) is 57.4 Å². The topological polar surface area (TPSA) is 137 Å². The van der Waals surface area contributed by atoms with Crippen LogP contribution in [0, 0.1) is 13.8 Å². The Bertz CT molecular complexity index is 1240. The number of nitrogens with one attached hydrogen (secondary N) is 1. The number of carbonyl (C=O) groups is 1. The van der Waals surface area contributed by atoms with Crippen LogP contribution < -0.4 is 11.2 Å². The van der Waals surface area contributed by atoms with E-state index in [1.807, 2.05) is 57.2 Å². The van der Waals surface area contributed by atoms with Gasteiger partial charge in [-0.3, -0.25) is 4.79 Å². The number of anilines is 1. The molecule has 4 rings (SSSR count). The van der Waals surface area contributed by atoms with E-state index in [2.05, 4.69) is 35.8 Å². The SMILES string of the molecule is C/C(=N/NC(=O)c1nnn(-c2nonc2N)c1-c1ccccc1)c1cc(C)sc1C. The summed E-state index contributed by atoms with van der Waals surface area (Å²) >= 11 is 1.68. The molecule has 4 aromatic rings. The van der Waals surface area contributed by atoms with Crippen LogP contribution in [0.25, 0.3) is 17.1 Å². The highest BCUT2D eigenvalue weighted by Gasteiger charge is 2.25. The molecule has 152 valence electrons. The van der Waals surface area contributed by atoms with Crippen LogP contribution in [0.3, 0.4) is 0 Å². The van der Waals surface area contributed by atoms with Crippen LogP contribution >= 0.6 is 11.3 Å². The first kappa shape index (κ1) is 19.5. The molecule has 0 aliphatic heterocycles. The Morgan fingerprint density at radius 3 is 2.63 bits per heavy atom. The van der Waals surface area contributed by atoms with E-state index >= 15 is 0 Å². The molecule has 0 atom stereocenters. The van der Waals surface area contributed by atoms with Crippen molar-refractivity contribution in [2.45, 2.75) is 20.8 Å². The third-order valence-electron chi connectivity index (χ3n) is 4.38. The lowest BCUT2D eigenvalue weighted by molar-refractivity contribution is 0.0950. The molecule has 0 spiro atoms.